The van der Waals surface area contributed by atoms with Crippen LogP contribution in [0.15, 0.2) is 0 Å². The van der Waals surface area contributed by atoms with Crippen LogP contribution in [0, 0.1) is 0 Å². The van der Waals surface area contributed by atoms with Crippen molar-refractivity contribution in [1.29, 1.82) is 0 Å². The Morgan fingerprint density at radius 3 is 1.38 bits per heavy atom. The predicted octanol–water partition coefficient (Wildman–Crippen LogP) is -4.08. The summed E-state index contributed by atoms with van der Waals surface area (Å²) in [5, 5.41) is 35.7. The summed E-state index contributed by atoms with van der Waals surface area (Å²) in [6, 6.07) is 0. The Morgan fingerprint density at radius 1 is 1.08 bits per heavy atom. The molecule has 78 valence electrons. The van der Waals surface area contributed by atoms with Crippen molar-refractivity contribution in [3.8, 4) is 0 Å². The van der Waals surface area contributed by atoms with Gasteiger partial charge in [-0.25, -0.2) is 0 Å². The van der Waals surface area contributed by atoms with Crippen molar-refractivity contribution < 1.29 is 30.2 Å². The second-order valence-electron chi connectivity index (χ2n) is 1.15. The molecular weight excluding hydrogens is 192 g/mol. The first-order chi connectivity index (χ1) is 5.68. The summed E-state index contributed by atoms with van der Waals surface area (Å²) < 4.78 is 3.93. The molecule has 0 spiro atoms. The molecule has 0 saturated heterocycles. The van der Waals surface area contributed by atoms with E-state index >= 15 is 0 Å². The SMILES string of the molecule is CCOC([O-])[O-].CCO[O-].C[O-].[Mg+2]. The van der Waals surface area contributed by atoms with Crippen molar-refractivity contribution >= 4 is 23.1 Å². The Labute approximate surface area is 94.2 Å². The number of ether oxygens (including phenoxy) is 1. The average Bonchev–Trinajstić information content (AvgIpc) is 2.08. The molecule has 0 aromatic heterocycles. The normalized spacial score (nSPS) is 7.38. The molecule has 0 aliphatic rings. The summed E-state index contributed by atoms with van der Waals surface area (Å²) in [4.78, 5) is 3.29. The van der Waals surface area contributed by atoms with Gasteiger partial charge in [0.05, 0.1) is 0 Å². The maximum atomic E-state index is 9.35. The van der Waals surface area contributed by atoms with Crippen LogP contribution in [-0.2, 0) is 9.62 Å². The summed E-state index contributed by atoms with van der Waals surface area (Å²) >= 11 is 0. The van der Waals surface area contributed by atoms with Crippen LogP contribution in [0.2, 0.25) is 0 Å². The average molecular weight is 206 g/mol. The van der Waals surface area contributed by atoms with Crippen molar-refractivity contribution in [2.24, 2.45) is 0 Å². The van der Waals surface area contributed by atoms with Gasteiger partial charge in [0.1, 0.15) is 0 Å². The van der Waals surface area contributed by atoms with E-state index in [9.17, 15) is 10.2 Å². The van der Waals surface area contributed by atoms with E-state index in [1.165, 1.54) is 0 Å². The topological polar surface area (TPSA) is 111 Å². The minimum Gasteiger partial charge on any atom is -0.857 e. The van der Waals surface area contributed by atoms with Crippen LogP contribution in [0.25, 0.3) is 0 Å². The van der Waals surface area contributed by atoms with Gasteiger partial charge < -0.3 is 30.2 Å². The van der Waals surface area contributed by atoms with E-state index in [1.54, 1.807) is 13.8 Å². The van der Waals surface area contributed by atoms with Crippen molar-refractivity contribution in [3.05, 3.63) is 0 Å². The summed E-state index contributed by atoms with van der Waals surface area (Å²) in [5.41, 5.74) is 0. The summed E-state index contributed by atoms with van der Waals surface area (Å²) in [5.74, 6) is 0. The summed E-state index contributed by atoms with van der Waals surface area (Å²) in [6.45, 7) is 1.61. The zero-order chi connectivity index (χ0) is 10.4. The Bertz CT molecular complexity index is 52.4. The molecule has 0 radical (unpaired) electrons. The molecule has 0 unspecified atom stereocenters. The first kappa shape index (κ1) is 23.4. The Morgan fingerprint density at radius 2 is 1.38 bits per heavy atom. The van der Waals surface area contributed by atoms with Crippen LogP contribution in [-0.4, -0.2) is 49.9 Å². The maximum Gasteiger partial charge on any atom is 2.00 e. The summed E-state index contributed by atoms with van der Waals surface area (Å²) in [7, 11) is 0.750. The number of hydrogen-bond donors (Lipinski definition) is 0. The zero-order valence-electron chi connectivity index (χ0n) is 8.15. The third-order valence-electron chi connectivity index (χ3n) is 0.421. The molecule has 0 heterocycles. The first-order valence-corrected chi connectivity index (χ1v) is 3.27. The molecule has 0 atom stereocenters. The van der Waals surface area contributed by atoms with Gasteiger partial charge in [-0.15, -0.1) is 6.48 Å². The Hall–Kier alpha value is 0.526. The van der Waals surface area contributed by atoms with Gasteiger partial charge in [-0.3, -0.25) is 0 Å². The molecule has 0 aliphatic carbocycles. The molecule has 0 amide bonds. The van der Waals surface area contributed by atoms with Crippen LogP contribution in [0.5, 0.6) is 0 Å². The molecule has 13 heavy (non-hydrogen) atoms. The van der Waals surface area contributed by atoms with Crippen LogP contribution in [0.3, 0.4) is 0 Å². The number of rotatable bonds is 3. The van der Waals surface area contributed by atoms with E-state index in [4.69, 9.17) is 10.4 Å². The minimum absolute atomic E-state index is 0. The van der Waals surface area contributed by atoms with Crippen LogP contribution < -0.4 is 20.6 Å². The van der Waals surface area contributed by atoms with Gasteiger partial charge in [-0.05, 0) is 13.8 Å². The Balaban J connectivity index is -0.0000000512. The second-order valence-corrected chi connectivity index (χ2v) is 1.15. The Kier molecular flexibility index (Phi) is 52.9. The molecule has 6 nitrogen and oxygen atoms in total. The van der Waals surface area contributed by atoms with Gasteiger partial charge in [0.2, 0.25) is 0 Å². The molecule has 0 aromatic rings. The third-order valence-corrected chi connectivity index (χ3v) is 0.421. The molecule has 0 aromatic carbocycles. The van der Waals surface area contributed by atoms with Gasteiger partial charge >= 0.3 is 23.1 Å². The van der Waals surface area contributed by atoms with E-state index in [0.29, 0.717) is 0 Å². The predicted molar refractivity (Wildman–Crippen MR) is 38.7 cm³/mol. The van der Waals surface area contributed by atoms with Gasteiger partial charge in [0.25, 0.3) is 0 Å². The molecule has 0 aliphatic heterocycles. The fourth-order valence-electron chi connectivity index (χ4n) is 0.136. The van der Waals surface area contributed by atoms with E-state index in [2.05, 4.69) is 9.62 Å². The molecule has 0 N–H and O–H groups in total. The van der Waals surface area contributed by atoms with Crippen molar-refractivity contribution in [3.63, 3.8) is 0 Å². The van der Waals surface area contributed by atoms with Gasteiger partial charge in [-0.1, -0.05) is 0 Å². The second kappa shape index (κ2) is 29.4. The minimum atomic E-state index is -2.10. The molecule has 0 rings (SSSR count). The monoisotopic (exact) mass is 206 g/mol. The fourth-order valence-corrected chi connectivity index (χ4v) is 0.136. The smallest absolute Gasteiger partial charge is 0.857 e. The van der Waals surface area contributed by atoms with Gasteiger partial charge in [0, 0.05) is 13.2 Å². The standard InChI is InChI=1S/C3H6O3.C2H6O2.CH3O.Mg/c1-2-6-3(4)5;1-2-4-3;1-2;/h3H,2H2,1H3;3H,2H2,1H3;1H3;/q-2;;-1;+2/p-1. The summed E-state index contributed by atoms with van der Waals surface area (Å²) in [6.07, 6.45) is 0. The van der Waals surface area contributed by atoms with E-state index in [1.807, 2.05) is 0 Å². The molecule has 7 heteroatoms. The fraction of sp³-hybridized carbons (Fsp3) is 1.00. The molecule has 0 fully saturated rings. The van der Waals surface area contributed by atoms with Crippen LogP contribution in [0.4, 0.5) is 0 Å². The quantitative estimate of drug-likeness (QED) is 0.201. The van der Waals surface area contributed by atoms with E-state index in [0.717, 1.165) is 7.11 Å². The molecule has 0 bridgehead atoms. The largest absolute Gasteiger partial charge is 2.00 e. The maximum absolute atomic E-state index is 9.35. The van der Waals surface area contributed by atoms with Crippen LogP contribution >= 0.6 is 0 Å². The van der Waals surface area contributed by atoms with Crippen LogP contribution in [0.1, 0.15) is 13.8 Å². The zero-order valence-corrected chi connectivity index (χ0v) is 9.56. The third kappa shape index (κ3) is 67.7. The van der Waals surface area contributed by atoms with Gasteiger partial charge in [0.15, 0.2) is 0 Å². The number of hydrogen-bond acceptors (Lipinski definition) is 6. The molecular formula is C6H14MgO6-2. The van der Waals surface area contributed by atoms with E-state index < -0.39 is 6.48 Å². The van der Waals surface area contributed by atoms with E-state index in [-0.39, 0.29) is 36.3 Å². The van der Waals surface area contributed by atoms with Crippen molar-refractivity contribution in [2.75, 3.05) is 20.3 Å². The van der Waals surface area contributed by atoms with Crippen molar-refractivity contribution in [2.45, 2.75) is 20.3 Å². The first-order valence-electron chi connectivity index (χ1n) is 3.27. The van der Waals surface area contributed by atoms with Gasteiger partial charge in [-0.2, -0.15) is 7.11 Å². The molecule has 0 saturated carbocycles. The van der Waals surface area contributed by atoms with Crippen molar-refractivity contribution in [1.82, 2.24) is 0 Å².